The third-order valence-corrected chi connectivity index (χ3v) is 5.58. The largest absolute Gasteiger partial charge is 0.354 e. The highest BCUT2D eigenvalue weighted by molar-refractivity contribution is 7.99. The Morgan fingerprint density at radius 1 is 1.11 bits per heavy atom. The Balaban J connectivity index is 2.00. The van der Waals surface area contributed by atoms with Gasteiger partial charge in [-0.05, 0) is 43.2 Å². The summed E-state index contributed by atoms with van der Waals surface area (Å²) < 4.78 is 0. The Morgan fingerprint density at radius 2 is 1.79 bits per heavy atom. The van der Waals surface area contributed by atoms with Crippen LogP contribution in [0.25, 0.3) is 0 Å². The molecule has 28 heavy (non-hydrogen) atoms. The van der Waals surface area contributed by atoms with Gasteiger partial charge < -0.3 is 10.2 Å². The van der Waals surface area contributed by atoms with Crippen molar-refractivity contribution in [1.29, 1.82) is 0 Å². The minimum Gasteiger partial charge on any atom is -0.354 e. The summed E-state index contributed by atoms with van der Waals surface area (Å²) in [5.41, 5.74) is 1.01. The lowest BCUT2D eigenvalue weighted by atomic mass is 10.1. The summed E-state index contributed by atoms with van der Waals surface area (Å²) in [6.07, 6.45) is 1.23. The van der Waals surface area contributed by atoms with E-state index in [1.165, 1.54) is 0 Å². The van der Waals surface area contributed by atoms with Gasteiger partial charge in [0, 0.05) is 35.2 Å². The van der Waals surface area contributed by atoms with Gasteiger partial charge in [-0.1, -0.05) is 48.9 Å². The Hall–Kier alpha value is -1.98. The number of rotatable bonds is 10. The van der Waals surface area contributed by atoms with Crippen molar-refractivity contribution < 1.29 is 9.59 Å². The SMILES string of the molecule is CCCNC(=O)C(C)N(Cc1ccccc1)C(=O)CCSc1ccc(Cl)cc1. The summed E-state index contributed by atoms with van der Waals surface area (Å²) in [4.78, 5) is 28.1. The molecule has 0 fully saturated rings. The molecule has 2 aromatic rings. The zero-order valence-electron chi connectivity index (χ0n) is 16.4. The second kappa shape index (κ2) is 11.8. The van der Waals surface area contributed by atoms with E-state index in [1.54, 1.807) is 23.6 Å². The highest BCUT2D eigenvalue weighted by atomic mass is 35.5. The van der Waals surface area contributed by atoms with E-state index in [9.17, 15) is 9.59 Å². The number of carbonyl (C=O) groups is 2. The lowest BCUT2D eigenvalue weighted by molar-refractivity contribution is -0.140. The van der Waals surface area contributed by atoms with Crippen LogP contribution in [0.3, 0.4) is 0 Å². The fraction of sp³-hybridized carbons (Fsp3) is 0.364. The van der Waals surface area contributed by atoms with Crippen LogP contribution in [-0.2, 0) is 16.1 Å². The lowest BCUT2D eigenvalue weighted by Crippen LogP contribution is -2.47. The maximum atomic E-state index is 12.9. The molecule has 0 heterocycles. The van der Waals surface area contributed by atoms with Crippen LogP contribution in [0.4, 0.5) is 0 Å². The van der Waals surface area contributed by atoms with E-state index in [2.05, 4.69) is 5.32 Å². The normalized spacial score (nSPS) is 11.7. The zero-order valence-corrected chi connectivity index (χ0v) is 17.9. The van der Waals surface area contributed by atoms with E-state index in [1.807, 2.05) is 61.5 Å². The maximum absolute atomic E-state index is 12.9. The average molecular weight is 419 g/mol. The fourth-order valence-corrected chi connectivity index (χ4v) is 3.66. The van der Waals surface area contributed by atoms with Crippen molar-refractivity contribution in [3.05, 3.63) is 65.2 Å². The molecule has 2 aromatic carbocycles. The van der Waals surface area contributed by atoms with Crippen molar-refractivity contribution in [1.82, 2.24) is 10.2 Å². The standard InChI is InChI=1S/C22H27ClN2O2S/c1-3-14-24-22(27)17(2)25(16-18-7-5-4-6-8-18)21(26)13-15-28-20-11-9-19(23)10-12-20/h4-12,17H,3,13-16H2,1-2H3,(H,24,27). The van der Waals surface area contributed by atoms with E-state index in [-0.39, 0.29) is 11.8 Å². The number of nitrogens with one attached hydrogen (secondary N) is 1. The molecule has 2 amide bonds. The van der Waals surface area contributed by atoms with Gasteiger partial charge in [-0.15, -0.1) is 11.8 Å². The third kappa shape index (κ3) is 7.21. The summed E-state index contributed by atoms with van der Waals surface area (Å²) in [6, 6.07) is 16.8. The first-order valence-electron chi connectivity index (χ1n) is 9.50. The number of hydrogen-bond acceptors (Lipinski definition) is 3. The molecule has 0 aliphatic carbocycles. The summed E-state index contributed by atoms with van der Waals surface area (Å²) in [7, 11) is 0. The van der Waals surface area contributed by atoms with Gasteiger partial charge in [0.2, 0.25) is 11.8 Å². The molecule has 150 valence electrons. The number of benzene rings is 2. The van der Waals surface area contributed by atoms with Gasteiger partial charge in [0.25, 0.3) is 0 Å². The molecule has 0 spiro atoms. The Kier molecular flexibility index (Phi) is 9.38. The van der Waals surface area contributed by atoms with Crippen LogP contribution in [0.15, 0.2) is 59.5 Å². The van der Waals surface area contributed by atoms with Crippen LogP contribution in [0.1, 0.15) is 32.3 Å². The van der Waals surface area contributed by atoms with E-state index >= 15 is 0 Å². The molecule has 1 atom stereocenters. The molecule has 0 aromatic heterocycles. The molecule has 6 heteroatoms. The van der Waals surface area contributed by atoms with Crippen LogP contribution in [0.5, 0.6) is 0 Å². The van der Waals surface area contributed by atoms with Gasteiger partial charge in [0.1, 0.15) is 6.04 Å². The second-order valence-electron chi connectivity index (χ2n) is 6.53. The Labute approximate surface area is 176 Å². The minimum atomic E-state index is -0.514. The number of carbonyl (C=O) groups excluding carboxylic acids is 2. The molecule has 0 radical (unpaired) electrons. The number of halogens is 1. The van der Waals surface area contributed by atoms with E-state index in [4.69, 9.17) is 11.6 Å². The lowest BCUT2D eigenvalue weighted by Gasteiger charge is -2.29. The molecule has 0 aliphatic rings. The van der Waals surface area contributed by atoms with Crippen molar-refractivity contribution in [2.45, 2.75) is 44.2 Å². The highest BCUT2D eigenvalue weighted by Crippen LogP contribution is 2.22. The van der Waals surface area contributed by atoms with Crippen molar-refractivity contribution in [3.63, 3.8) is 0 Å². The summed E-state index contributed by atoms with van der Waals surface area (Å²) in [5.74, 6) is 0.510. The summed E-state index contributed by atoms with van der Waals surface area (Å²) in [5, 5.41) is 3.59. The minimum absolute atomic E-state index is 0.0236. The second-order valence-corrected chi connectivity index (χ2v) is 8.13. The summed E-state index contributed by atoms with van der Waals surface area (Å²) in [6.45, 7) is 4.83. The fourth-order valence-electron chi connectivity index (χ4n) is 2.69. The first-order valence-corrected chi connectivity index (χ1v) is 10.9. The number of hydrogen-bond donors (Lipinski definition) is 1. The smallest absolute Gasteiger partial charge is 0.242 e. The molecule has 0 saturated carbocycles. The molecular formula is C22H27ClN2O2S. The predicted molar refractivity (Wildman–Crippen MR) is 117 cm³/mol. The molecular weight excluding hydrogens is 392 g/mol. The summed E-state index contributed by atoms with van der Waals surface area (Å²) >= 11 is 7.52. The van der Waals surface area contributed by atoms with E-state index < -0.39 is 6.04 Å². The number of thioether (sulfide) groups is 1. The van der Waals surface area contributed by atoms with Crippen LogP contribution in [0.2, 0.25) is 5.02 Å². The Morgan fingerprint density at radius 3 is 2.43 bits per heavy atom. The topological polar surface area (TPSA) is 49.4 Å². The average Bonchev–Trinajstić information content (AvgIpc) is 2.71. The number of nitrogens with zero attached hydrogens (tertiary/aromatic N) is 1. The van der Waals surface area contributed by atoms with Crippen LogP contribution in [-0.4, -0.2) is 35.1 Å². The van der Waals surface area contributed by atoms with Crippen molar-refractivity contribution in [3.8, 4) is 0 Å². The Bertz CT molecular complexity index is 753. The molecule has 2 rings (SSSR count). The molecule has 0 saturated heterocycles. The van der Waals surface area contributed by atoms with Crippen molar-refractivity contribution >= 4 is 35.2 Å². The van der Waals surface area contributed by atoms with Gasteiger partial charge in [-0.25, -0.2) is 0 Å². The monoisotopic (exact) mass is 418 g/mol. The van der Waals surface area contributed by atoms with Crippen LogP contribution in [0, 0.1) is 0 Å². The van der Waals surface area contributed by atoms with Crippen LogP contribution >= 0.6 is 23.4 Å². The third-order valence-electron chi connectivity index (χ3n) is 4.31. The quantitative estimate of drug-likeness (QED) is 0.565. The van der Waals surface area contributed by atoms with Crippen LogP contribution < -0.4 is 5.32 Å². The van der Waals surface area contributed by atoms with E-state index in [0.29, 0.717) is 30.3 Å². The van der Waals surface area contributed by atoms with E-state index in [0.717, 1.165) is 16.9 Å². The first kappa shape index (κ1) is 22.3. The maximum Gasteiger partial charge on any atom is 0.242 e. The van der Waals surface area contributed by atoms with Crippen molar-refractivity contribution in [2.75, 3.05) is 12.3 Å². The molecule has 0 aliphatic heterocycles. The molecule has 4 nitrogen and oxygen atoms in total. The zero-order chi connectivity index (χ0) is 20.4. The highest BCUT2D eigenvalue weighted by Gasteiger charge is 2.25. The molecule has 1 N–H and O–H groups in total. The van der Waals surface area contributed by atoms with Gasteiger partial charge in [0.15, 0.2) is 0 Å². The first-order chi connectivity index (χ1) is 13.5. The van der Waals surface area contributed by atoms with Gasteiger partial charge in [-0.2, -0.15) is 0 Å². The number of amides is 2. The van der Waals surface area contributed by atoms with Crippen molar-refractivity contribution in [2.24, 2.45) is 0 Å². The van der Waals surface area contributed by atoms with Gasteiger partial charge >= 0.3 is 0 Å². The van der Waals surface area contributed by atoms with Gasteiger partial charge in [0.05, 0.1) is 0 Å². The predicted octanol–water partition coefficient (Wildman–Crippen LogP) is 4.77. The molecule has 1 unspecified atom stereocenters. The molecule has 0 bridgehead atoms. The van der Waals surface area contributed by atoms with Gasteiger partial charge in [-0.3, -0.25) is 9.59 Å².